The Balaban J connectivity index is 1.48. The van der Waals surface area contributed by atoms with Crippen LogP contribution in [0.3, 0.4) is 0 Å². The second kappa shape index (κ2) is 10.1. The van der Waals surface area contributed by atoms with Crippen molar-refractivity contribution in [3.8, 4) is 11.1 Å². The van der Waals surface area contributed by atoms with Crippen LogP contribution in [0.5, 0.6) is 0 Å². The van der Waals surface area contributed by atoms with Crippen molar-refractivity contribution >= 4 is 17.7 Å². The molecule has 170 valence electrons. The van der Waals surface area contributed by atoms with Gasteiger partial charge in [0.05, 0.1) is 0 Å². The summed E-state index contributed by atoms with van der Waals surface area (Å²) in [6.45, 7) is 1.71. The maximum atomic E-state index is 12.9. The van der Waals surface area contributed by atoms with Gasteiger partial charge in [-0.15, -0.1) is 0 Å². The minimum Gasteiger partial charge on any atom is -0.396 e. The van der Waals surface area contributed by atoms with Gasteiger partial charge in [0.1, 0.15) is 0 Å². The molecule has 1 aliphatic rings. The molecule has 5 N–H and O–H groups in total. The van der Waals surface area contributed by atoms with Gasteiger partial charge in [-0.25, -0.2) is 0 Å². The Morgan fingerprint density at radius 3 is 2.27 bits per heavy atom. The number of anilines is 1. The summed E-state index contributed by atoms with van der Waals surface area (Å²) in [7, 11) is 0. The van der Waals surface area contributed by atoms with Gasteiger partial charge in [0.2, 0.25) is 0 Å². The number of carbonyl (C=O) groups excluding carboxylic acids is 1. The van der Waals surface area contributed by atoms with Crippen LogP contribution in [0.1, 0.15) is 34.7 Å². The number of nitrogens with one attached hydrogen (secondary N) is 1. The lowest BCUT2D eigenvalue weighted by atomic mass is 9.89. The van der Waals surface area contributed by atoms with Crippen LogP contribution in [0.25, 0.3) is 17.2 Å². The van der Waals surface area contributed by atoms with Crippen LogP contribution >= 0.6 is 0 Å². The first kappa shape index (κ1) is 22.9. The molecule has 0 aromatic heterocycles. The van der Waals surface area contributed by atoms with Gasteiger partial charge in [0.15, 0.2) is 0 Å². The molecule has 0 saturated heterocycles. The monoisotopic (exact) mass is 442 g/mol. The molecule has 4 rings (SSSR count). The van der Waals surface area contributed by atoms with E-state index in [4.69, 9.17) is 5.73 Å². The lowest BCUT2D eigenvalue weighted by Crippen LogP contribution is -2.27. The highest BCUT2D eigenvalue weighted by Crippen LogP contribution is 2.30. The van der Waals surface area contributed by atoms with E-state index in [1.54, 1.807) is 12.1 Å². The molecule has 1 unspecified atom stereocenters. The lowest BCUT2D eigenvalue weighted by molar-refractivity contribution is -0.112. The summed E-state index contributed by atoms with van der Waals surface area (Å²) in [4.78, 5) is 12.9. The van der Waals surface area contributed by atoms with Crippen LogP contribution in [-0.4, -0.2) is 29.3 Å². The summed E-state index contributed by atoms with van der Waals surface area (Å²) in [6.07, 6.45) is 3.52. The van der Waals surface area contributed by atoms with Crippen LogP contribution in [-0.2, 0) is 11.2 Å². The molecule has 33 heavy (non-hydrogen) atoms. The molecule has 0 aliphatic heterocycles. The fraction of sp³-hybridized carbons (Fsp3) is 0.250. The molecule has 1 amide bonds. The van der Waals surface area contributed by atoms with Crippen molar-refractivity contribution in [3.05, 3.63) is 94.6 Å². The molecule has 3 aromatic carbocycles. The predicted molar refractivity (Wildman–Crippen MR) is 133 cm³/mol. The predicted octanol–water partition coefficient (Wildman–Crippen LogP) is 4.23. The Labute approximate surface area is 194 Å². The first-order valence-corrected chi connectivity index (χ1v) is 11.3. The van der Waals surface area contributed by atoms with Crippen LogP contribution < -0.4 is 11.1 Å². The van der Waals surface area contributed by atoms with Gasteiger partial charge in [-0.2, -0.15) is 0 Å². The van der Waals surface area contributed by atoms with Crippen molar-refractivity contribution in [2.45, 2.75) is 25.8 Å². The van der Waals surface area contributed by atoms with E-state index in [1.807, 2.05) is 18.2 Å². The standard InChI is InChI=1S/C28H30N2O3/c1-18-2-4-19(5-3-18)22-8-6-20-7-9-23(15-24(20)14-22)28(33)30-26-12-10-21(11-13-26)27(29)25(16-31)17-32/h2-6,8,10-15,25,27,31-32H,7,9,16-17,29H2,1H3,(H,30,33). The number of nitrogens with two attached hydrogens (primary N) is 1. The minimum absolute atomic E-state index is 0.109. The fourth-order valence-electron chi connectivity index (χ4n) is 4.15. The normalized spacial score (nSPS) is 13.9. The van der Waals surface area contributed by atoms with Crippen molar-refractivity contribution < 1.29 is 15.0 Å². The topological polar surface area (TPSA) is 95.6 Å². The first-order chi connectivity index (χ1) is 16.0. The van der Waals surface area contributed by atoms with Gasteiger partial charge in [0, 0.05) is 36.4 Å². The van der Waals surface area contributed by atoms with Crippen LogP contribution in [0.2, 0.25) is 0 Å². The molecule has 3 aromatic rings. The summed E-state index contributed by atoms with van der Waals surface area (Å²) in [5, 5.41) is 21.6. The zero-order valence-electron chi connectivity index (χ0n) is 18.8. The number of fused-ring (bicyclic) bond motifs is 1. The molecule has 0 heterocycles. The number of carbonyl (C=O) groups is 1. The minimum atomic E-state index is -0.468. The maximum Gasteiger partial charge on any atom is 0.251 e. The van der Waals surface area contributed by atoms with E-state index in [9.17, 15) is 15.0 Å². The van der Waals surface area contributed by atoms with E-state index >= 15 is 0 Å². The second-order valence-corrected chi connectivity index (χ2v) is 8.68. The summed E-state index contributed by atoms with van der Waals surface area (Å²) < 4.78 is 0. The Morgan fingerprint density at radius 1 is 0.939 bits per heavy atom. The molecule has 0 saturated carbocycles. The van der Waals surface area contributed by atoms with E-state index in [-0.39, 0.29) is 19.1 Å². The van der Waals surface area contributed by atoms with Gasteiger partial charge in [0.25, 0.3) is 5.91 Å². The lowest BCUT2D eigenvalue weighted by Gasteiger charge is -2.20. The van der Waals surface area contributed by atoms with E-state index < -0.39 is 12.0 Å². The number of aryl methyl sites for hydroxylation is 2. The third-order valence-corrected chi connectivity index (χ3v) is 6.35. The molecular formula is C28H30N2O3. The van der Waals surface area contributed by atoms with Gasteiger partial charge >= 0.3 is 0 Å². The molecule has 0 bridgehead atoms. The van der Waals surface area contributed by atoms with Crippen molar-refractivity contribution in [1.82, 2.24) is 0 Å². The van der Waals surface area contributed by atoms with Crippen molar-refractivity contribution in [2.75, 3.05) is 18.5 Å². The summed E-state index contributed by atoms with van der Waals surface area (Å²) in [5.41, 5.74) is 14.2. The highest BCUT2D eigenvalue weighted by atomic mass is 16.3. The third-order valence-electron chi connectivity index (χ3n) is 6.35. The largest absolute Gasteiger partial charge is 0.396 e. The number of benzene rings is 3. The number of amides is 1. The van der Waals surface area contributed by atoms with Gasteiger partial charge in [-0.3, -0.25) is 4.79 Å². The van der Waals surface area contributed by atoms with Gasteiger partial charge in [-0.1, -0.05) is 54.1 Å². The Hall–Kier alpha value is -3.25. The van der Waals surface area contributed by atoms with Crippen LogP contribution in [0.15, 0.2) is 72.3 Å². The molecule has 5 nitrogen and oxygen atoms in total. The zero-order valence-corrected chi connectivity index (χ0v) is 18.8. The quantitative estimate of drug-likeness (QED) is 0.440. The highest BCUT2D eigenvalue weighted by molar-refractivity contribution is 6.07. The molecule has 0 radical (unpaired) electrons. The van der Waals surface area contributed by atoms with E-state index in [2.05, 4.69) is 54.7 Å². The number of hydrogen-bond donors (Lipinski definition) is 4. The van der Waals surface area contributed by atoms with Crippen molar-refractivity contribution in [2.24, 2.45) is 11.7 Å². The van der Waals surface area contributed by atoms with Crippen molar-refractivity contribution in [3.63, 3.8) is 0 Å². The molecule has 0 spiro atoms. The second-order valence-electron chi connectivity index (χ2n) is 8.68. The van der Waals surface area contributed by atoms with E-state index in [0.29, 0.717) is 12.1 Å². The average molecular weight is 443 g/mol. The molecular weight excluding hydrogens is 412 g/mol. The Bertz CT molecular complexity index is 1150. The van der Waals surface area contributed by atoms with Crippen LogP contribution in [0.4, 0.5) is 5.69 Å². The molecule has 1 atom stereocenters. The molecule has 5 heteroatoms. The smallest absolute Gasteiger partial charge is 0.251 e. The Morgan fingerprint density at radius 2 is 1.61 bits per heavy atom. The van der Waals surface area contributed by atoms with Gasteiger partial charge in [-0.05, 0) is 71.9 Å². The number of aliphatic hydroxyl groups excluding tert-OH is 2. The molecule has 1 aliphatic carbocycles. The fourth-order valence-corrected chi connectivity index (χ4v) is 4.15. The van der Waals surface area contributed by atoms with Gasteiger partial charge < -0.3 is 21.3 Å². The number of aliphatic hydroxyl groups is 2. The first-order valence-electron chi connectivity index (χ1n) is 11.3. The van der Waals surface area contributed by atoms with E-state index in [0.717, 1.165) is 34.2 Å². The summed E-state index contributed by atoms with van der Waals surface area (Å²) in [5.74, 6) is -0.523. The van der Waals surface area contributed by atoms with Crippen molar-refractivity contribution in [1.29, 1.82) is 0 Å². The zero-order chi connectivity index (χ0) is 23.4. The number of hydrogen-bond acceptors (Lipinski definition) is 4. The third kappa shape index (κ3) is 5.22. The number of rotatable bonds is 7. The summed E-state index contributed by atoms with van der Waals surface area (Å²) >= 11 is 0. The average Bonchev–Trinajstić information content (AvgIpc) is 2.85. The Kier molecular flexibility index (Phi) is 7.04. The van der Waals surface area contributed by atoms with E-state index in [1.165, 1.54) is 11.1 Å². The SMILES string of the molecule is Cc1ccc(-c2ccc3c(c2)C=C(C(=O)Nc2ccc(C(N)C(CO)CO)cc2)CC3)cc1. The molecule has 0 fully saturated rings. The highest BCUT2D eigenvalue weighted by Gasteiger charge is 2.19. The van der Waals surface area contributed by atoms with Crippen LogP contribution in [0, 0.1) is 12.8 Å². The summed E-state index contributed by atoms with van der Waals surface area (Å²) in [6, 6.07) is 21.7. The maximum absolute atomic E-state index is 12.9.